The smallest absolute Gasteiger partial charge is 0.256 e. The lowest BCUT2D eigenvalue weighted by Gasteiger charge is -2.21. The largest absolute Gasteiger partial charge is 0.497 e. The average molecular weight is 328 g/mol. The fourth-order valence-corrected chi connectivity index (χ4v) is 2.37. The molecule has 2 rings (SSSR count). The molecule has 0 atom stereocenters. The van der Waals surface area contributed by atoms with E-state index < -0.39 is 0 Å². The van der Waals surface area contributed by atoms with E-state index in [2.05, 4.69) is 29.1 Å². The zero-order valence-electron chi connectivity index (χ0n) is 14.5. The highest BCUT2D eigenvalue weighted by atomic mass is 16.5. The minimum atomic E-state index is -0.0216. The van der Waals surface area contributed by atoms with Gasteiger partial charge in [-0.3, -0.25) is 4.79 Å². The van der Waals surface area contributed by atoms with Crippen LogP contribution in [0.1, 0.15) is 37.0 Å². The van der Waals surface area contributed by atoms with Crippen LogP contribution in [0.2, 0.25) is 0 Å². The first-order chi connectivity index (χ1) is 11.7. The number of hydrogen-bond acceptors (Lipinski definition) is 5. The summed E-state index contributed by atoms with van der Waals surface area (Å²) in [4.78, 5) is 22.8. The van der Waals surface area contributed by atoms with Gasteiger partial charge in [0, 0.05) is 37.2 Å². The van der Waals surface area contributed by atoms with Crippen molar-refractivity contribution in [1.29, 1.82) is 0 Å². The monoisotopic (exact) mass is 328 g/mol. The van der Waals surface area contributed by atoms with Crippen LogP contribution in [0, 0.1) is 0 Å². The highest BCUT2D eigenvalue weighted by Crippen LogP contribution is 2.19. The molecule has 1 amide bonds. The number of carbonyl (C=O) groups is 1. The Morgan fingerprint density at radius 3 is 2.42 bits per heavy atom. The van der Waals surface area contributed by atoms with E-state index in [0.717, 1.165) is 37.4 Å². The second-order valence-corrected chi connectivity index (χ2v) is 5.44. The van der Waals surface area contributed by atoms with E-state index in [1.807, 2.05) is 29.2 Å². The average Bonchev–Trinajstić information content (AvgIpc) is 2.62. The predicted octanol–water partition coefficient (Wildman–Crippen LogP) is 3.49. The lowest BCUT2D eigenvalue weighted by atomic mass is 10.2. The molecule has 0 aliphatic carbocycles. The van der Waals surface area contributed by atoms with Gasteiger partial charge in [0.2, 0.25) is 5.95 Å². The molecule has 1 aromatic heterocycles. The summed E-state index contributed by atoms with van der Waals surface area (Å²) in [6.07, 6.45) is 5.00. The third-order valence-electron chi connectivity index (χ3n) is 3.50. The number of ether oxygens (including phenoxy) is 1. The molecule has 0 spiro atoms. The van der Waals surface area contributed by atoms with Gasteiger partial charge in [-0.15, -0.1) is 0 Å². The standard InChI is InChI=1S/C18H24N4O2/c1-4-9-22(10-5-2)17(23)14-12-19-18(20-13-14)21-15-7-6-8-16(11-15)24-3/h6-8,11-13H,4-5,9-10H2,1-3H3,(H,19,20,21). The third kappa shape index (κ3) is 4.68. The summed E-state index contributed by atoms with van der Waals surface area (Å²) in [6, 6.07) is 7.50. The summed E-state index contributed by atoms with van der Waals surface area (Å²) < 4.78 is 5.18. The Hall–Kier alpha value is -2.63. The molecule has 1 N–H and O–H groups in total. The van der Waals surface area contributed by atoms with Gasteiger partial charge < -0.3 is 15.0 Å². The number of rotatable bonds is 8. The van der Waals surface area contributed by atoms with Crippen LogP contribution < -0.4 is 10.1 Å². The lowest BCUT2D eigenvalue weighted by Crippen LogP contribution is -2.32. The van der Waals surface area contributed by atoms with Crippen molar-refractivity contribution in [2.24, 2.45) is 0 Å². The van der Waals surface area contributed by atoms with Crippen molar-refractivity contribution in [1.82, 2.24) is 14.9 Å². The van der Waals surface area contributed by atoms with Crippen LogP contribution in [0.3, 0.4) is 0 Å². The minimum Gasteiger partial charge on any atom is -0.497 e. The zero-order valence-corrected chi connectivity index (χ0v) is 14.5. The van der Waals surface area contributed by atoms with Crippen LogP contribution in [0.4, 0.5) is 11.6 Å². The van der Waals surface area contributed by atoms with Crippen LogP contribution in [0.15, 0.2) is 36.7 Å². The van der Waals surface area contributed by atoms with Gasteiger partial charge in [0.25, 0.3) is 5.91 Å². The van der Waals surface area contributed by atoms with Gasteiger partial charge in [-0.05, 0) is 25.0 Å². The molecule has 0 radical (unpaired) electrons. The summed E-state index contributed by atoms with van der Waals surface area (Å²) in [6.45, 7) is 5.62. The number of anilines is 2. The molecule has 0 bridgehead atoms. The van der Waals surface area contributed by atoms with Gasteiger partial charge in [0.1, 0.15) is 5.75 Å². The first kappa shape index (κ1) is 17.7. The van der Waals surface area contributed by atoms with Crippen LogP contribution in [0.5, 0.6) is 5.75 Å². The Bertz CT molecular complexity index is 652. The SMILES string of the molecule is CCCN(CCC)C(=O)c1cnc(Nc2cccc(OC)c2)nc1. The minimum absolute atomic E-state index is 0.0216. The maximum Gasteiger partial charge on any atom is 0.256 e. The first-order valence-corrected chi connectivity index (χ1v) is 8.20. The molecule has 0 fully saturated rings. The highest BCUT2D eigenvalue weighted by molar-refractivity contribution is 5.93. The summed E-state index contributed by atoms with van der Waals surface area (Å²) in [5.74, 6) is 1.17. The van der Waals surface area contributed by atoms with Gasteiger partial charge in [-0.1, -0.05) is 19.9 Å². The molecule has 0 aliphatic rings. The van der Waals surface area contributed by atoms with E-state index >= 15 is 0 Å². The molecular weight excluding hydrogens is 304 g/mol. The number of hydrogen-bond donors (Lipinski definition) is 1. The van der Waals surface area contributed by atoms with Gasteiger partial charge >= 0.3 is 0 Å². The number of nitrogens with zero attached hydrogens (tertiary/aromatic N) is 3. The van der Waals surface area contributed by atoms with E-state index in [1.165, 1.54) is 0 Å². The van der Waals surface area contributed by atoms with E-state index in [9.17, 15) is 4.79 Å². The van der Waals surface area contributed by atoms with Gasteiger partial charge in [0.15, 0.2) is 0 Å². The molecule has 1 aromatic carbocycles. The number of benzene rings is 1. The number of methoxy groups -OCH3 is 1. The molecular formula is C18H24N4O2. The fraction of sp³-hybridized carbons (Fsp3) is 0.389. The van der Waals surface area contributed by atoms with Crippen molar-refractivity contribution in [2.75, 3.05) is 25.5 Å². The van der Waals surface area contributed by atoms with Crippen LogP contribution in [-0.4, -0.2) is 41.0 Å². The van der Waals surface area contributed by atoms with Crippen LogP contribution in [0.25, 0.3) is 0 Å². The van der Waals surface area contributed by atoms with E-state index in [0.29, 0.717) is 11.5 Å². The maximum atomic E-state index is 12.5. The Labute approximate surface area is 142 Å². The lowest BCUT2D eigenvalue weighted by molar-refractivity contribution is 0.0754. The van der Waals surface area contributed by atoms with E-state index in [-0.39, 0.29) is 5.91 Å². The van der Waals surface area contributed by atoms with Gasteiger partial charge in [-0.2, -0.15) is 0 Å². The number of amides is 1. The van der Waals surface area contributed by atoms with Crippen molar-refractivity contribution < 1.29 is 9.53 Å². The molecule has 0 unspecified atom stereocenters. The Morgan fingerprint density at radius 1 is 1.17 bits per heavy atom. The topological polar surface area (TPSA) is 67.4 Å². The Balaban J connectivity index is 2.07. The molecule has 0 aliphatic heterocycles. The first-order valence-electron chi connectivity index (χ1n) is 8.20. The third-order valence-corrected chi connectivity index (χ3v) is 3.50. The molecule has 24 heavy (non-hydrogen) atoms. The molecule has 128 valence electrons. The highest BCUT2D eigenvalue weighted by Gasteiger charge is 2.15. The Morgan fingerprint density at radius 2 is 1.83 bits per heavy atom. The van der Waals surface area contributed by atoms with Crippen LogP contribution >= 0.6 is 0 Å². The van der Waals surface area contributed by atoms with Crippen LogP contribution in [-0.2, 0) is 0 Å². The fourth-order valence-electron chi connectivity index (χ4n) is 2.37. The summed E-state index contributed by atoms with van der Waals surface area (Å²) in [7, 11) is 1.62. The van der Waals surface area contributed by atoms with Gasteiger partial charge in [-0.25, -0.2) is 9.97 Å². The second kappa shape index (κ2) is 8.86. The molecule has 0 saturated carbocycles. The summed E-state index contributed by atoms with van der Waals surface area (Å²) in [5, 5.41) is 3.10. The predicted molar refractivity (Wildman–Crippen MR) is 94.8 cm³/mol. The zero-order chi connectivity index (χ0) is 17.4. The molecule has 2 aromatic rings. The number of aromatic nitrogens is 2. The summed E-state index contributed by atoms with van der Waals surface area (Å²) in [5.41, 5.74) is 1.33. The molecule has 1 heterocycles. The maximum absolute atomic E-state index is 12.5. The quantitative estimate of drug-likeness (QED) is 0.803. The van der Waals surface area contributed by atoms with E-state index in [4.69, 9.17) is 4.74 Å². The van der Waals surface area contributed by atoms with E-state index in [1.54, 1.807) is 19.5 Å². The number of nitrogens with one attached hydrogen (secondary N) is 1. The summed E-state index contributed by atoms with van der Waals surface area (Å²) >= 11 is 0. The Kier molecular flexibility index (Phi) is 6.54. The van der Waals surface area contributed by atoms with Crippen molar-refractivity contribution in [3.05, 3.63) is 42.2 Å². The van der Waals surface area contributed by atoms with Gasteiger partial charge in [0.05, 0.1) is 12.7 Å². The van der Waals surface area contributed by atoms with Crippen molar-refractivity contribution >= 4 is 17.5 Å². The second-order valence-electron chi connectivity index (χ2n) is 5.44. The normalized spacial score (nSPS) is 10.3. The van der Waals surface area contributed by atoms with Crippen molar-refractivity contribution in [2.45, 2.75) is 26.7 Å². The number of carbonyl (C=O) groups excluding carboxylic acids is 1. The molecule has 6 heteroatoms. The molecule has 6 nitrogen and oxygen atoms in total. The van der Waals surface area contributed by atoms with Crippen molar-refractivity contribution in [3.63, 3.8) is 0 Å². The molecule has 0 saturated heterocycles. The van der Waals surface area contributed by atoms with Crippen molar-refractivity contribution in [3.8, 4) is 5.75 Å².